The smallest absolute Gasteiger partial charge is 0.180 e. The molecule has 5 nitrogen and oxygen atoms in total. The molecule has 19 heavy (non-hydrogen) atoms. The number of rotatable bonds is 6. The lowest BCUT2D eigenvalue weighted by Gasteiger charge is -2.25. The molecule has 1 aromatic carbocycles. The minimum absolute atomic E-state index is 0.0261. The highest BCUT2D eigenvalue weighted by Crippen LogP contribution is 2.14. The summed E-state index contributed by atoms with van der Waals surface area (Å²) < 4.78 is 34.5. The van der Waals surface area contributed by atoms with Gasteiger partial charge in [-0.2, -0.15) is 0 Å². The van der Waals surface area contributed by atoms with Crippen molar-refractivity contribution in [1.29, 1.82) is 0 Å². The number of ether oxygens (including phenoxy) is 2. The van der Waals surface area contributed by atoms with Crippen LogP contribution >= 0.6 is 12.2 Å². The lowest BCUT2D eigenvalue weighted by atomic mass is 10.2. The van der Waals surface area contributed by atoms with E-state index in [-0.39, 0.29) is 28.3 Å². The van der Waals surface area contributed by atoms with Crippen molar-refractivity contribution in [2.75, 3.05) is 25.6 Å². The van der Waals surface area contributed by atoms with E-state index >= 15 is 0 Å². The molecule has 0 amide bonds. The Morgan fingerprint density at radius 2 is 2.21 bits per heavy atom. The van der Waals surface area contributed by atoms with Crippen molar-refractivity contribution in [3.8, 4) is 0 Å². The first-order valence-electron chi connectivity index (χ1n) is 5.81. The minimum Gasteiger partial charge on any atom is -0.389 e. The quantitative estimate of drug-likeness (QED) is 0.771. The lowest BCUT2D eigenvalue weighted by molar-refractivity contribution is -0.126. The Bertz CT molecular complexity index is 567. The summed E-state index contributed by atoms with van der Waals surface area (Å²) in [5, 5.41) is 0. The van der Waals surface area contributed by atoms with Crippen LogP contribution in [0, 0.1) is 0 Å². The molecule has 1 aliphatic rings. The van der Waals surface area contributed by atoms with Crippen LogP contribution in [0.15, 0.2) is 29.2 Å². The topological polar surface area (TPSA) is 78.6 Å². The SMILES string of the molecule is NC(=S)c1cccc(S(=O)(=O)CCOC2COC2)c1. The zero-order valence-corrected chi connectivity index (χ0v) is 11.9. The van der Waals surface area contributed by atoms with Gasteiger partial charge in [-0.25, -0.2) is 8.42 Å². The third-order valence-corrected chi connectivity index (χ3v) is 4.70. The van der Waals surface area contributed by atoms with Crippen LogP contribution in [0.1, 0.15) is 5.56 Å². The van der Waals surface area contributed by atoms with Crippen LogP contribution in [0.3, 0.4) is 0 Å². The first-order chi connectivity index (χ1) is 8.99. The van der Waals surface area contributed by atoms with E-state index in [9.17, 15) is 8.42 Å². The van der Waals surface area contributed by atoms with Gasteiger partial charge in [-0.1, -0.05) is 24.4 Å². The van der Waals surface area contributed by atoms with Crippen LogP contribution in [-0.4, -0.2) is 45.1 Å². The van der Waals surface area contributed by atoms with Crippen LogP contribution in [0.25, 0.3) is 0 Å². The molecule has 7 heteroatoms. The molecule has 0 unspecified atom stereocenters. The van der Waals surface area contributed by atoms with Gasteiger partial charge >= 0.3 is 0 Å². The predicted octanol–water partition coefficient (Wildman–Crippen LogP) is 0.510. The van der Waals surface area contributed by atoms with Crippen molar-refractivity contribution in [3.05, 3.63) is 29.8 Å². The van der Waals surface area contributed by atoms with Crippen LogP contribution in [0.5, 0.6) is 0 Å². The number of hydrogen-bond donors (Lipinski definition) is 1. The Kier molecular flexibility index (Phi) is 4.51. The Hall–Kier alpha value is -1.02. The highest BCUT2D eigenvalue weighted by Gasteiger charge is 2.21. The van der Waals surface area contributed by atoms with Crippen LogP contribution < -0.4 is 5.73 Å². The van der Waals surface area contributed by atoms with E-state index in [0.29, 0.717) is 18.8 Å². The zero-order chi connectivity index (χ0) is 13.9. The van der Waals surface area contributed by atoms with E-state index in [2.05, 4.69) is 0 Å². The fourth-order valence-electron chi connectivity index (χ4n) is 1.60. The maximum Gasteiger partial charge on any atom is 0.180 e. The first kappa shape index (κ1) is 14.4. The summed E-state index contributed by atoms with van der Waals surface area (Å²) in [5.74, 6) is -0.0652. The summed E-state index contributed by atoms with van der Waals surface area (Å²) in [5.41, 5.74) is 6.04. The third-order valence-electron chi connectivity index (χ3n) is 2.79. The highest BCUT2D eigenvalue weighted by atomic mass is 32.2. The normalized spacial score (nSPS) is 16.0. The monoisotopic (exact) mass is 301 g/mol. The molecule has 0 atom stereocenters. The second-order valence-corrected chi connectivity index (χ2v) is 6.79. The first-order valence-corrected chi connectivity index (χ1v) is 7.87. The summed E-state index contributed by atoms with van der Waals surface area (Å²) in [4.78, 5) is 0.395. The van der Waals surface area contributed by atoms with E-state index in [1.807, 2.05) is 0 Å². The molecular formula is C12H15NO4S2. The number of hydrogen-bond acceptors (Lipinski definition) is 5. The molecule has 1 fully saturated rings. The van der Waals surface area contributed by atoms with Gasteiger partial charge in [-0.3, -0.25) is 0 Å². The van der Waals surface area contributed by atoms with Crippen molar-refractivity contribution in [2.24, 2.45) is 5.73 Å². The Morgan fingerprint density at radius 1 is 1.47 bits per heavy atom. The molecule has 0 aromatic heterocycles. The van der Waals surface area contributed by atoms with Crippen LogP contribution in [0.2, 0.25) is 0 Å². The van der Waals surface area contributed by atoms with Gasteiger partial charge in [0.05, 0.1) is 30.5 Å². The van der Waals surface area contributed by atoms with Gasteiger partial charge in [0.25, 0.3) is 0 Å². The van der Waals surface area contributed by atoms with Crippen molar-refractivity contribution < 1.29 is 17.9 Å². The average Bonchev–Trinajstić information content (AvgIpc) is 2.32. The van der Waals surface area contributed by atoms with Crippen molar-refractivity contribution in [1.82, 2.24) is 0 Å². The molecule has 1 saturated heterocycles. The third kappa shape index (κ3) is 3.73. The average molecular weight is 301 g/mol. The fraction of sp³-hybridized carbons (Fsp3) is 0.417. The second-order valence-electron chi connectivity index (χ2n) is 4.24. The second kappa shape index (κ2) is 5.96. The van der Waals surface area contributed by atoms with Gasteiger partial charge < -0.3 is 15.2 Å². The number of thiocarbonyl (C=S) groups is 1. The van der Waals surface area contributed by atoms with Crippen molar-refractivity contribution in [2.45, 2.75) is 11.0 Å². The van der Waals surface area contributed by atoms with Gasteiger partial charge in [-0.05, 0) is 12.1 Å². The fourth-order valence-corrected chi connectivity index (χ4v) is 2.87. The van der Waals surface area contributed by atoms with E-state index in [1.54, 1.807) is 12.1 Å². The summed E-state index contributed by atoms with van der Waals surface area (Å²) in [6, 6.07) is 6.33. The Morgan fingerprint density at radius 3 is 2.79 bits per heavy atom. The van der Waals surface area contributed by atoms with E-state index in [0.717, 1.165) is 0 Å². The van der Waals surface area contributed by atoms with Crippen molar-refractivity contribution in [3.63, 3.8) is 0 Å². The number of benzene rings is 1. The summed E-state index contributed by atoms with van der Waals surface area (Å²) in [6.45, 7) is 1.24. The summed E-state index contributed by atoms with van der Waals surface area (Å²) >= 11 is 4.83. The standard InChI is InChI=1S/C12H15NO4S2/c13-12(18)9-2-1-3-11(6-9)19(14,15)5-4-17-10-7-16-8-10/h1-3,6,10H,4-5,7-8H2,(H2,13,18). The highest BCUT2D eigenvalue weighted by molar-refractivity contribution is 7.91. The summed E-state index contributed by atoms with van der Waals surface area (Å²) in [6.07, 6.45) is 0.0261. The lowest BCUT2D eigenvalue weighted by Crippen LogP contribution is -2.37. The maximum atomic E-state index is 12.1. The predicted molar refractivity (Wildman–Crippen MR) is 74.9 cm³/mol. The minimum atomic E-state index is -3.38. The largest absolute Gasteiger partial charge is 0.389 e. The van der Waals surface area contributed by atoms with Gasteiger partial charge in [0.15, 0.2) is 9.84 Å². The van der Waals surface area contributed by atoms with Gasteiger partial charge in [0, 0.05) is 5.56 Å². The molecule has 0 saturated carbocycles. The molecule has 0 aliphatic carbocycles. The zero-order valence-electron chi connectivity index (χ0n) is 10.2. The molecule has 2 N–H and O–H groups in total. The molecule has 0 radical (unpaired) electrons. The number of nitrogens with two attached hydrogens (primary N) is 1. The van der Waals surface area contributed by atoms with Gasteiger partial charge in [-0.15, -0.1) is 0 Å². The van der Waals surface area contributed by atoms with Crippen LogP contribution in [0.4, 0.5) is 0 Å². The molecule has 0 bridgehead atoms. The molecule has 104 valence electrons. The molecule has 1 heterocycles. The van der Waals surface area contributed by atoms with E-state index < -0.39 is 9.84 Å². The van der Waals surface area contributed by atoms with Gasteiger partial charge in [0.2, 0.25) is 0 Å². The van der Waals surface area contributed by atoms with E-state index in [4.69, 9.17) is 27.4 Å². The number of sulfone groups is 1. The van der Waals surface area contributed by atoms with Crippen LogP contribution in [-0.2, 0) is 19.3 Å². The van der Waals surface area contributed by atoms with Crippen molar-refractivity contribution >= 4 is 27.0 Å². The van der Waals surface area contributed by atoms with E-state index in [1.165, 1.54) is 12.1 Å². The maximum absolute atomic E-state index is 12.1. The molecular weight excluding hydrogens is 286 g/mol. The molecule has 2 rings (SSSR count). The molecule has 1 aromatic rings. The molecule has 0 spiro atoms. The summed E-state index contributed by atoms with van der Waals surface area (Å²) in [7, 11) is -3.38. The molecule has 1 aliphatic heterocycles. The Labute approximate surface area is 117 Å². The van der Waals surface area contributed by atoms with Gasteiger partial charge in [0.1, 0.15) is 11.1 Å². The Balaban J connectivity index is 2.01.